The van der Waals surface area contributed by atoms with Crippen LogP contribution in [0.3, 0.4) is 0 Å². The van der Waals surface area contributed by atoms with Crippen molar-refractivity contribution in [3.63, 3.8) is 0 Å². The van der Waals surface area contributed by atoms with Gasteiger partial charge in [-0.2, -0.15) is 4.31 Å². The van der Waals surface area contributed by atoms with Gasteiger partial charge in [0.05, 0.1) is 31.7 Å². The van der Waals surface area contributed by atoms with Gasteiger partial charge in [0.2, 0.25) is 15.9 Å². The van der Waals surface area contributed by atoms with E-state index in [1.807, 2.05) is 32.2 Å². The first-order valence-electron chi connectivity index (χ1n) is 15.0. The van der Waals surface area contributed by atoms with Gasteiger partial charge in [-0.05, 0) is 77.8 Å². The number of nitrogens with zero attached hydrogens (tertiary/aromatic N) is 5. The van der Waals surface area contributed by atoms with Crippen LogP contribution in [-0.4, -0.2) is 69.1 Å². The van der Waals surface area contributed by atoms with Gasteiger partial charge in [0, 0.05) is 38.5 Å². The lowest BCUT2D eigenvalue weighted by atomic mass is 9.83. The van der Waals surface area contributed by atoms with Gasteiger partial charge in [-0.25, -0.2) is 18.1 Å². The van der Waals surface area contributed by atoms with Crippen molar-refractivity contribution in [3.8, 4) is 5.88 Å². The average Bonchev–Trinajstić information content (AvgIpc) is 3.62. The van der Waals surface area contributed by atoms with Gasteiger partial charge in [0.1, 0.15) is 16.0 Å². The Balaban J connectivity index is 1.34. The van der Waals surface area contributed by atoms with E-state index in [1.54, 1.807) is 23.0 Å². The number of ether oxygens (including phenoxy) is 2. The number of aromatic nitrogens is 4. The second kappa shape index (κ2) is 10.9. The van der Waals surface area contributed by atoms with Crippen molar-refractivity contribution in [2.45, 2.75) is 68.4 Å². The number of pyridine rings is 1. The summed E-state index contributed by atoms with van der Waals surface area (Å²) in [7, 11) is -2.12. The van der Waals surface area contributed by atoms with Crippen molar-refractivity contribution in [2.24, 2.45) is 7.05 Å². The van der Waals surface area contributed by atoms with Crippen LogP contribution in [0.4, 0.5) is 0 Å². The van der Waals surface area contributed by atoms with E-state index < -0.39 is 27.5 Å². The number of rotatable bonds is 6. The summed E-state index contributed by atoms with van der Waals surface area (Å²) in [5.41, 5.74) is 6.70. The monoisotopic (exact) mass is 617 g/mol. The maximum absolute atomic E-state index is 14.2. The van der Waals surface area contributed by atoms with Crippen LogP contribution in [-0.2, 0) is 46.0 Å². The van der Waals surface area contributed by atoms with Crippen LogP contribution in [0.15, 0.2) is 47.5 Å². The van der Waals surface area contributed by atoms with Gasteiger partial charge in [-0.1, -0.05) is 23.4 Å². The Labute approximate surface area is 255 Å². The van der Waals surface area contributed by atoms with Gasteiger partial charge < -0.3 is 14.6 Å². The minimum atomic E-state index is -3.95. The maximum atomic E-state index is 14.2. The fourth-order valence-electron chi connectivity index (χ4n) is 7.14. The van der Waals surface area contributed by atoms with Gasteiger partial charge in [-0.3, -0.25) is 4.79 Å². The predicted molar refractivity (Wildman–Crippen MR) is 161 cm³/mol. The van der Waals surface area contributed by atoms with Crippen LogP contribution in [0, 0.1) is 6.92 Å². The minimum absolute atomic E-state index is 0.0628. The van der Waals surface area contributed by atoms with Crippen LogP contribution in [0.25, 0.3) is 11.0 Å². The van der Waals surface area contributed by atoms with E-state index in [0.717, 1.165) is 63.7 Å². The summed E-state index contributed by atoms with van der Waals surface area (Å²) in [5.74, 6) is -1.22. The standard InChI is InChI=1S/C32H35N5O6S/c1-20-24(8-9-27-30(20)34-35-36(27)2)26(17-29(38)39)22-15-21-5-3-6-25(21)23(16-22)18-37-19-32(10-13-42-14-11-32)43-31-28(44(37,40)41)7-4-12-33-31/h4,7-9,12,15-16,26H,3,5-6,10-11,13-14,17-19H2,1-2H3,(H,38,39). The molecule has 1 fully saturated rings. The first-order valence-corrected chi connectivity index (χ1v) is 16.5. The molecule has 230 valence electrons. The molecular weight excluding hydrogens is 582 g/mol. The second-order valence-corrected chi connectivity index (χ2v) is 14.1. The smallest absolute Gasteiger partial charge is 0.304 e. The summed E-state index contributed by atoms with van der Waals surface area (Å²) in [6.07, 6.45) is 5.22. The maximum Gasteiger partial charge on any atom is 0.304 e. The summed E-state index contributed by atoms with van der Waals surface area (Å²) < 4.78 is 43.7. The number of carboxylic acid groups (broad SMARTS) is 1. The van der Waals surface area contributed by atoms with Crippen LogP contribution in [0.1, 0.15) is 65.0 Å². The number of benzene rings is 2. The van der Waals surface area contributed by atoms with Crippen LogP contribution >= 0.6 is 0 Å². The number of sulfonamides is 1. The fourth-order valence-corrected chi connectivity index (χ4v) is 8.70. The highest BCUT2D eigenvalue weighted by molar-refractivity contribution is 7.89. The molecule has 44 heavy (non-hydrogen) atoms. The van der Waals surface area contributed by atoms with Crippen molar-refractivity contribution in [3.05, 3.63) is 76.0 Å². The predicted octanol–water partition coefficient (Wildman–Crippen LogP) is 3.90. The molecule has 0 saturated carbocycles. The van der Waals surface area contributed by atoms with Crippen molar-refractivity contribution in [1.29, 1.82) is 0 Å². The molecule has 4 aromatic rings. The highest BCUT2D eigenvalue weighted by Crippen LogP contribution is 2.41. The Morgan fingerprint density at radius 2 is 1.98 bits per heavy atom. The third kappa shape index (κ3) is 4.94. The van der Waals surface area contributed by atoms with Crippen LogP contribution < -0.4 is 4.74 Å². The van der Waals surface area contributed by atoms with Crippen molar-refractivity contribution in [1.82, 2.24) is 24.3 Å². The topological polar surface area (TPSA) is 137 Å². The van der Waals surface area contributed by atoms with Crippen molar-refractivity contribution in [2.75, 3.05) is 19.8 Å². The largest absolute Gasteiger partial charge is 0.481 e. The van der Waals surface area contributed by atoms with Crippen LogP contribution in [0.5, 0.6) is 5.88 Å². The summed E-state index contributed by atoms with van der Waals surface area (Å²) in [6, 6.07) is 11.2. The molecule has 2 aromatic carbocycles. The molecule has 0 bridgehead atoms. The van der Waals surface area contributed by atoms with Gasteiger partial charge in [0.25, 0.3) is 0 Å². The Kier molecular flexibility index (Phi) is 7.18. The molecule has 11 nitrogen and oxygen atoms in total. The number of fused-ring (bicyclic) bond motifs is 3. The highest BCUT2D eigenvalue weighted by Gasteiger charge is 2.45. The Morgan fingerprint density at radius 1 is 1.16 bits per heavy atom. The molecule has 3 aliphatic rings. The van der Waals surface area contributed by atoms with E-state index in [1.165, 1.54) is 4.31 Å². The molecule has 0 radical (unpaired) electrons. The molecule has 0 amide bonds. The molecule has 1 saturated heterocycles. The number of carboxylic acids is 1. The molecule has 1 N–H and O–H groups in total. The molecule has 7 rings (SSSR count). The van der Waals surface area contributed by atoms with Crippen molar-refractivity contribution >= 4 is 27.0 Å². The Morgan fingerprint density at radius 3 is 2.77 bits per heavy atom. The molecule has 4 heterocycles. The highest BCUT2D eigenvalue weighted by atomic mass is 32.2. The third-order valence-corrected chi connectivity index (χ3v) is 11.3. The summed E-state index contributed by atoms with van der Waals surface area (Å²) in [4.78, 5) is 16.6. The molecular formula is C32H35N5O6S. The van der Waals surface area contributed by atoms with E-state index in [9.17, 15) is 18.3 Å². The number of aryl methyl sites for hydroxylation is 3. The van der Waals surface area contributed by atoms with Crippen molar-refractivity contribution < 1.29 is 27.8 Å². The quantitative estimate of drug-likeness (QED) is 0.342. The lowest BCUT2D eigenvalue weighted by Crippen LogP contribution is -2.50. The van der Waals surface area contributed by atoms with Crippen LogP contribution in [0.2, 0.25) is 0 Å². The molecule has 1 spiro atoms. The zero-order chi connectivity index (χ0) is 30.6. The summed E-state index contributed by atoms with van der Waals surface area (Å²) in [5, 5.41) is 18.5. The second-order valence-electron chi connectivity index (χ2n) is 12.2. The first kappa shape index (κ1) is 28.9. The zero-order valence-corrected chi connectivity index (χ0v) is 25.6. The van der Waals surface area contributed by atoms with E-state index in [-0.39, 0.29) is 30.3 Å². The number of carbonyl (C=O) groups is 1. The summed E-state index contributed by atoms with van der Waals surface area (Å²) >= 11 is 0. The number of hydrogen-bond acceptors (Lipinski definition) is 8. The molecule has 1 atom stereocenters. The lowest BCUT2D eigenvalue weighted by Gasteiger charge is -2.38. The number of aliphatic carboxylic acids is 1. The lowest BCUT2D eigenvalue weighted by molar-refractivity contribution is -0.137. The SMILES string of the molecule is Cc1c(C(CC(=O)O)c2cc3c(c(CN4CC5(CCOCC5)Oc5ncccc5S4(=O)=O)c2)CCC3)ccc2c1nnn2C. The fraction of sp³-hybridized carbons (Fsp3) is 0.438. The molecule has 12 heteroatoms. The summed E-state index contributed by atoms with van der Waals surface area (Å²) in [6.45, 7) is 3.24. The molecule has 2 aliphatic heterocycles. The zero-order valence-electron chi connectivity index (χ0n) is 24.8. The Hall–Kier alpha value is -3.87. The molecule has 1 aliphatic carbocycles. The van der Waals surface area contributed by atoms with Gasteiger partial charge >= 0.3 is 5.97 Å². The Bertz CT molecular complexity index is 1880. The van der Waals surface area contributed by atoms with Gasteiger partial charge in [-0.15, -0.1) is 5.10 Å². The van der Waals surface area contributed by atoms with Gasteiger partial charge in [0.15, 0.2) is 0 Å². The number of hydrogen-bond donors (Lipinski definition) is 1. The van der Waals surface area contributed by atoms with E-state index in [2.05, 4.69) is 21.4 Å². The van der Waals surface area contributed by atoms with E-state index >= 15 is 0 Å². The molecule has 1 unspecified atom stereocenters. The van der Waals surface area contributed by atoms with E-state index in [4.69, 9.17) is 9.47 Å². The molecule has 2 aromatic heterocycles. The van der Waals surface area contributed by atoms with E-state index in [0.29, 0.717) is 26.1 Å². The third-order valence-electron chi connectivity index (χ3n) is 9.45. The average molecular weight is 618 g/mol. The minimum Gasteiger partial charge on any atom is -0.481 e. The normalized spacial score (nSPS) is 19.7. The first-order chi connectivity index (χ1) is 21.1.